The van der Waals surface area contributed by atoms with Gasteiger partial charge in [-0.3, -0.25) is 9.59 Å². The second-order valence-electron chi connectivity index (χ2n) is 4.30. The van der Waals surface area contributed by atoms with E-state index in [1.807, 2.05) is 6.92 Å². The summed E-state index contributed by atoms with van der Waals surface area (Å²) in [6, 6.07) is 7.59. The Balaban J connectivity index is 2.14. The van der Waals surface area contributed by atoms with E-state index < -0.39 is 0 Å². The molecule has 2 rings (SSSR count). The van der Waals surface area contributed by atoms with Crippen LogP contribution >= 0.6 is 23.2 Å². The van der Waals surface area contributed by atoms with Gasteiger partial charge in [0.1, 0.15) is 0 Å². The third kappa shape index (κ3) is 3.40. The highest BCUT2D eigenvalue weighted by Gasteiger charge is 2.14. The highest BCUT2D eigenvalue weighted by Crippen LogP contribution is 2.26. The van der Waals surface area contributed by atoms with Crippen molar-refractivity contribution in [2.45, 2.75) is 13.0 Å². The monoisotopic (exact) mass is 310 g/mol. The van der Waals surface area contributed by atoms with Crippen molar-refractivity contribution < 1.29 is 4.79 Å². The van der Waals surface area contributed by atoms with E-state index in [1.165, 1.54) is 18.3 Å². The summed E-state index contributed by atoms with van der Waals surface area (Å²) in [4.78, 5) is 25.4. The number of hydrogen-bond acceptors (Lipinski definition) is 2. The van der Waals surface area contributed by atoms with E-state index in [2.05, 4.69) is 10.3 Å². The molecule has 0 fully saturated rings. The number of aromatic amines is 1. The first kappa shape index (κ1) is 14.6. The predicted octanol–water partition coefficient (Wildman–Crippen LogP) is 3.17. The van der Waals surface area contributed by atoms with Crippen molar-refractivity contribution >= 4 is 29.1 Å². The molecule has 6 heteroatoms. The zero-order valence-corrected chi connectivity index (χ0v) is 12.1. The fourth-order valence-corrected chi connectivity index (χ4v) is 2.33. The molecule has 104 valence electrons. The van der Waals surface area contributed by atoms with Crippen LogP contribution in [0.2, 0.25) is 10.0 Å². The first-order chi connectivity index (χ1) is 9.47. The van der Waals surface area contributed by atoms with E-state index in [0.717, 1.165) is 5.56 Å². The Morgan fingerprint density at radius 1 is 1.25 bits per heavy atom. The Hall–Kier alpha value is -1.78. The number of halogens is 2. The molecule has 20 heavy (non-hydrogen) atoms. The Bertz CT molecular complexity index is 677. The van der Waals surface area contributed by atoms with Crippen LogP contribution in [0, 0.1) is 0 Å². The minimum absolute atomic E-state index is 0.254. The number of rotatable bonds is 3. The van der Waals surface area contributed by atoms with Crippen LogP contribution in [0.15, 0.2) is 41.3 Å². The maximum atomic E-state index is 12.0. The number of hydrogen-bond donors (Lipinski definition) is 2. The molecule has 0 spiro atoms. The maximum absolute atomic E-state index is 12.0. The van der Waals surface area contributed by atoms with Gasteiger partial charge in [0.15, 0.2) is 0 Å². The Morgan fingerprint density at radius 2 is 2.00 bits per heavy atom. The Labute approximate surface area is 125 Å². The van der Waals surface area contributed by atoms with Crippen LogP contribution < -0.4 is 10.9 Å². The summed E-state index contributed by atoms with van der Waals surface area (Å²) in [5.41, 5.74) is 0.894. The average molecular weight is 311 g/mol. The molecule has 0 radical (unpaired) electrons. The van der Waals surface area contributed by atoms with Crippen molar-refractivity contribution in [2.24, 2.45) is 0 Å². The van der Waals surface area contributed by atoms with Crippen LogP contribution in [-0.4, -0.2) is 10.9 Å². The standard InChI is InChI=1S/C14H12Cl2N2O2/c1-8(11-4-3-10(15)6-12(11)16)18-14(20)9-2-5-13(19)17-7-9/h2-8H,1H3,(H,17,19)(H,18,20). The van der Waals surface area contributed by atoms with E-state index >= 15 is 0 Å². The molecule has 0 aliphatic carbocycles. The average Bonchev–Trinajstić information content (AvgIpc) is 2.39. The van der Waals surface area contributed by atoms with Crippen molar-refractivity contribution in [3.8, 4) is 0 Å². The largest absolute Gasteiger partial charge is 0.345 e. The first-order valence-electron chi connectivity index (χ1n) is 5.92. The third-order valence-corrected chi connectivity index (χ3v) is 3.39. The van der Waals surface area contributed by atoms with Crippen LogP contribution in [0.4, 0.5) is 0 Å². The molecule has 0 saturated heterocycles. The van der Waals surface area contributed by atoms with Gasteiger partial charge in [0.25, 0.3) is 5.91 Å². The molecule has 0 bridgehead atoms. The zero-order valence-electron chi connectivity index (χ0n) is 10.6. The van der Waals surface area contributed by atoms with Crippen molar-refractivity contribution in [1.82, 2.24) is 10.3 Å². The van der Waals surface area contributed by atoms with E-state index in [4.69, 9.17) is 23.2 Å². The van der Waals surface area contributed by atoms with Gasteiger partial charge in [0.2, 0.25) is 5.56 Å². The lowest BCUT2D eigenvalue weighted by atomic mass is 10.1. The number of benzene rings is 1. The smallest absolute Gasteiger partial charge is 0.253 e. The molecule has 0 aliphatic heterocycles. The molecule has 1 heterocycles. The minimum atomic E-state index is -0.292. The fraction of sp³-hybridized carbons (Fsp3) is 0.143. The number of nitrogens with one attached hydrogen (secondary N) is 2. The lowest BCUT2D eigenvalue weighted by Crippen LogP contribution is -2.27. The lowest BCUT2D eigenvalue weighted by Gasteiger charge is -2.16. The van der Waals surface area contributed by atoms with Crippen molar-refractivity contribution in [3.63, 3.8) is 0 Å². The van der Waals surface area contributed by atoms with E-state index in [9.17, 15) is 9.59 Å². The highest BCUT2D eigenvalue weighted by molar-refractivity contribution is 6.35. The summed E-state index contributed by atoms with van der Waals surface area (Å²) < 4.78 is 0. The predicted molar refractivity (Wildman–Crippen MR) is 79.4 cm³/mol. The summed E-state index contributed by atoms with van der Waals surface area (Å²) in [6.45, 7) is 1.82. The minimum Gasteiger partial charge on any atom is -0.345 e. The van der Waals surface area contributed by atoms with E-state index in [0.29, 0.717) is 15.6 Å². The molecular formula is C14H12Cl2N2O2. The summed E-state index contributed by atoms with van der Waals surface area (Å²) in [5.74, 6) is -0.292. The number of carbonyl (C=O) groups is 1. The van der Waals surface area contributed by atoms with Gasteiger partial charge in [-0.05, 0) is 30.7 Å². The number of amides is 1. The van der Waals surface area contributed by atoms with Gasteiger partial charge < -0.3 is 10.3 Å². The molecule has 0 aliphatic rings. The van der Waals surface area contributed by atoms with Gasteiger partial charge >= 0.3 is 0 Å². The van der Waals surface area contributed by atoms with Gasteiger partial charge in [-0.25, -0.2) is 0 Å². The third-order valence-electron chi connectivity index (χ3n) is 2.82. The molecule has 1 amide bonds. The van der Waals surface area contributed by atoms with Gasteiger partial charge in [-0.15, -0.1) is 0 Å². The number of pyridine rings is 1. The van der Waals surface area contributed by atoms with Crippen LogP contribution in [-0.2, 0) is 0 Å². The summed E-state index contributed by atoms with van der Waals surface area (Å²) >= 11 is 11.9. The number of aromatic nitrogens is 1. The summed E-state index contributed by atoms with van der Waals surface area (Å²) in [6.07, 6.45) is 1.37. The van der Waals surface area contributed by atoms with Crippen LogP contribution in [0.25, 0.3) is 0 Å². The van der Waals surface area contributed by atoms with Gasteiger partial charge in [-0.2, -0.15) is 0 Å². The molecule has 1 atom stereocenters. The van der Waals surface area contributed by atoms with E-state index in [1.54, 1.807) is 18.2 Å². The van der Waals surface area contributed by atoms with Crippen LogP contribution in [0.5, 0.6) is 0 Å². The highest BCUT2D eigenvalue weighted by atomic mass is 35.5. The normalized spacial score (nSPS) is 11.9. The molecule has 2 N–H and O–H groups in total. The lowest BCUT2D eigenvalue weighted by molar-refractivity contribution is 0.0939. The molecule has 1 aromatic heterocycles. The quantitative estimate of drug-likeness (QED) is 0.914. The SMILES string of the molecule is CC(NC(=O)c1ccc(=O)[nH]c1)c1ccc(Cl)cc1Cl. The summed E-state index contributed by atoms with van der Waals surface area (Å²) in [5, 5.41) is 3.84. The molecule has 2 aromatic rings. The molecule has 4 nitrogen and oxygen atoms in total. The maximum Gasteiger partial charge on any atom is 0.253 e. The number of carbonyl (C=O) groups excluding carboxylic acids is 1. The van der Waals surface area contributed by atoms with Gasteiger partial charge in [-0.1, -0.05) is 29.3 Å². The number of H-pyrrole nitrogens is 1. The first-order valence-corrected chi connectivity index (χ1v) is 6.67. The molecule has 1 unspecified atom stereocenters. The van der Waals surface area contributed by atoms with Gasteiger partial charge in [0.05, 0.1) is 11.6 Å². The van der Waals surface area contributed by atoms with Crippen LogP contribution in [0.3, 0.4) is 0 Å². The van der Waals surface area contributed by atoms with Crippen molar-refractivity contribution in [3.05, 3.63) is 68.1 Å². The summed E-state index contributed by atoms with van der Waals surface area (Å²) in [7, 11) is 0. The molecular weight excluding hydrogens is 299 g/mol. The Kier molecular flexibility index (Phi) is 4.47. The van der Waals surface area contributed by atoms with E-state index in [-0.39, 0.29) is 17.5 Å². The van der Waals surface area contributed by atoms with Gasteiger partial charge in [0, 0.05) is 22.3 Å². The van der Waals surface area contributed by atoms with Crippen LogP contribution in [0.1, 0.15) is 28.9 Å². The second kappa shape index (κ2) is 6.11. The molecule has 1 aromatic carbocycles. The van der Waals surface area contributed by atoms with Crippen molar-refractivity contribution in [2.75, 3.05) is 0 Å². The zero-order chi connectivity index (χ0) is 14.7. The Morgan fingerprint density at radius 3 is 2.60 bits per heavy atom. The topological polar surface area (TPSA) is 62.0 Å². The molecule has 0 saturated carbocycles. The second-order valence-corrected chi connectivity index (χ2v) is 5.15. The fourth-order valence-electron chi connectivity index (χ4n) is 1.76. The van der Waals surface area contributed by atoms with Crippen molar-refractivity contribution in [1.29, 1.82) is 0 Å².